The van der Waals surface area contributed by atoms with Crippen molar-refractivity contribution in [1.82, 2.24) is 9.88 Å². The van der Waals surface area contributed by atoms with Crippen LogP contribution in [-0.4, -0.2) is 32.0 Å². The number of rotatable bonds is 2. The molecule has 3 aromatic rings. The molecular weight excluding hydrogens is 339 g/mol. The van der Waals surface area contributed by atoms with Gasteiger partial charge < -0.3 is 19.5 Å². The van der Waals surface area contributed by atoms with Gasteiger partial charge in [0, 0.05) is 17.5 Å². The van der Waals surface area contributed by atoms with Gasteiger partial charge in [0.05, 0.1) is 11.6 Å². The van der Waals surface area contributed by atoms with E-state index >= 15 is 0 Å². The van der Waals surface area contributed by atoms with Crippen molar-refractivity contribution in [3.8, 4) is 11.5 Å². The average molecular weight is 354 g/mol. The van der Waals surface area contributed by atoms with Gasteiger partial charge in [-0.3, -0.25) is 4.79 Å². The second-order valence-corrected chi connectivity index (χ2v) is 6.87. The van der Waals surface area contributed by atoms with Crippen molar-refractivity contribution in [2.45, 2.75) is 31.3 Å². The van der Waals surface area contributed by atoms with Gasteiger partial charge in [-0.05, 0) is 31.0 Å². The topological polar surface area (TPSA) is 86.8 Å². The van der Waals surface area contributed by atoms with E-state index in [4.69, 9.17) is 4.42 Å². The number of fused-ring (bicyclic) bond motifs is 2. The van der Waals surface area contributed by atoms with Crippen LogP contribution in [0.4, 0.5) is 4.39 Å². The Morgan fingerprint density at radius 3 is 2.69 bits per heavy atom. The van der Waals surface area contributed by atoms with E-state index in [1.165, 1.54) is 12.1 Å². The Morgan fingerprint density at radius 1 is 1.23 bits per heavy atom. The van der Waals surface area contributed by atoms with Gasteiger partial charge in [-0.1, -0.05) is 12.1 Å². The lowest BCUT2D eigenvalue weighted by Crippen LogP contribution is -2.29. The van der Waals surface area contributed by atoms with Crippen LogP contribution in [-0.2, 0) is 0 Å². The lowest BCUT2D eigenvalue weighted by molar-refractivity contribution is 0.0716. The summed E-state index contributed by atoms with van der Waals surface area (Å²) in [6.07, 6.45) is 1.88. The van der Waals surface area contributed by atoms with Gasteiger partial charge in [0.25, 0.3) is 5.91 Å². The number of halogens is 1. The summed E-state index contributed by atoms with van der Waals surface area (Å²) in [6, 6.07) is 5.80. The second-order valence-electron chi connectivity index (χ2n) is 6.87. The third-order valence-corrected chi connectivity index (χ3v) is 5.46. The van der Waals surface area contributed by atoms with Crippen molar-refractivity contribution >= 4 is 17.0 Å². The molecule has 0 bridgehead atoms. The SMILES string of the molecule is CC1c2c(c(O)c3ncoc3c2O)C(=O)N1C1CC1c1ccc(F)cc1. The molecule has 5 rings (SSSR count). The second kappa shape index (κ2) is 4.97. The summed E-state index contributed by atoms with van der Waals surface area (Å²) in [5, 5.41) is 21.0. The Hall–Kier alpha value is -3.09. The van der Waals surface area contributed by atoms with Crippen molar-refractivity contribution in [3.05, 3.63) is 53.2 Å². The number of phenolic OH excluding ortho intramolecular Hbond substituents is 2. The molecular formula is C19H15FN2O4. The molecule has 0 spiro atoms. The number of carbonyl (C=O) groups is 1. The number of hydrogen-bond acceptors (Lipinski definition) is 5. The first-order valence-corrected chi connectivity index (χ1v) is 8.38. The van der Waals surface area contributed by atoms with Crippen LogP contribution >= 0.6 is 0 Å². The van der Waals surface area contributed by atoms with Gasteiger partial charge in [0.15, 0.2) is 29.0 Å². The number of amides is 1. The summed E-state index contributed by atoms with van der Waals surface area (Å²) in [6.45, 7) is 1.81. The predicted molar refractivity (Wildman–Crippen MR) is 89.5 cm³/mol. The minimum atomic E-state index is -0.409. The van der Waals surface area contributed by atoms with Crippen LogP contribution in [0.5, 0.6) is 11.5 Å². The highest BCUT2D eigenvalue weighted by Gasteiger charge is 2.52. The van der Waals surface area contributed by atoms with E-state index in [-0.39, 0.29) is 51.8 Å². The van der Waals surface area contributed by atoms with Crippen LogP contribution in [0.3, 0.4) is 0 Å². The van der Waals surface area contributed by atoms with E-state index in [1.54, 1.807) is 17.0 Å². The van der Waals surface area contributed by atoms with Crippen LogP contribution in [0.25, 0.3) is 11.1 Å². The third-order valence-electron chi connectivity index (χ3n) is 5.46. The van der Waals surface area contributed by atoms with Crippen LogP contribution in [0, 0.1) is 5.82 Å². The number of hydrogen-bond donors (Lipinski definition) is 2. The lowest BCUT2D eigenvalue weighted by atomic mass is 10.0. The molecule has 2 N–H and O–H groups in total. The minimum Gasteiger partial charge on any atom is -0.505 e. The Balaban J connectivity index is 1.55. The largest absolute Gasteiger partial charge is 0.505 e. The third kappa shape index (κ3) is 1.85. The highest BCUT2D eigenvalue weighted by molar-refractivity contribution is 6.08. The van der Waals surface area contributed by atoms with E-state index in [0.29, 0.717) is 5.56 Å². The zero-order valence-electron chi connectivity index (χ0n) is 13.8. The maximum atomic E-state index is 13.1. The van der Waals surface area contributed by atoms with E-state index < -0.39 is 6.04 Å². The number of benzene rings is 2. The molecule has 26 heavy (non-hydrogen) atoms. The Bertz CT molecular complexity index is 1060. The quantitative estimate of drug-likeness (QED) is 0.688. The van der Waals surface area contributed by atoms with Crippen molar-refractivity contribution in [2.75, 3.05) is 0 Å². The van der Waals surface area contributed by atoms with Gasteiger partial charge in [-0.25, -0.2) is 9.37 Å². The standard InChI is InChI=1S/C19H15FN2O4/c1-8-13-14(16(23)15-18(17(13)24)26-7-21-15)19(25)22(8)12-6-11(12)9-2-4-10(20)5-3-9/h2-5,7-8,11-12,23-24H,6H2,1H3. The molecule has 3 atom stereocenters. The van der Waals surface area contributed by atoms with Crippen LogP contribution in [0.2, 0.25) is 0 Å². The number of aromatic hydroxyl groups is 2. The van der Waals surface area contributed by atoms with Gasteiger partial charge in [0.2, 0.25) is 0 Å². The smallest absolute Gasteiger partial charge is 0.258 e. The summed E-state index contributed by atoms with van der Waals surface area (Å²) in [5.41, 5.74) is 1.57. The molecule has 2 aromatic carbocycles. The molecule has 1 aliphatic carbocycles. The Labute approximate surface area is 147 Å². The van der Waals surface area contributed by atoms with Gasteiger partial charge in [-0.2, -0.15) is 0 Å². The maximum Gasteiger partial charge on any atom is 0.258 e. The fraction of sp³-hybridized carbons (Fsp3) is 0.263. The summed E-state index contributed by atoms with van der Waals surface area (Å²) < 4.78 is 18.3. The number of nitrogens with zero attached hydrogens (tertiary/aromatic N) is 2. The lowest BCUT2D eigenvalue weighted by Gasteiger charge is -2.22. The summed E-state index contributed by atoms with van der Waals surface area (Å²) >= 11 is 0. The van der Waals surface area contributed by atoms with E-state index in [1.807, 2.05) is 6.92 Å². The molecule has 3 unspecified atom stereocenters. The molecule has 6 nitrogen and oxygen atoms in total. The normalized spacial score (nSPS) is 24.3. The first-order valence-electron chi connectivity index (χ1n) is 8.38. The fourth-order valence-electron chi connectivity index (χ4n) is 4.13. The van der Waals surface area contributed by atoms with Crippen molar-refractivity contribution in [3.63, 3.8) is 0 Å². The van der Waals surface area contributed by atoms with Crippen molar-refractivity contribution in [1.29, 1.82) is 0 Å². The van der Waals surface area contributed by atoms with E-state index in [0.717, 1.165) is 18.4 Å². The Morgan fingerprint density at radius 2 is 1.96 bits per heavy atom. The fourth-order valence-corrected chi connectivity index (χ4v) is 4.13. The van der Waals surface area contributed by atoms with Crippen LogP contribution < -0.4 is 0 Å². The minimum absolute atomic E-state index is 0.0616. The van der Waals surface area contributed by atoms with Gasteiger partial charge in [-0.15, -0.1) is 0 Å². The predicted octanol–water partition coefficient (Wildman–Crippen LogP) is 3.45. The Kier molecular flexibility index (Phi) is 2.90. The maximum absolute atomic E-state index is 13.1. The number of phenols is 2. The molecule has 1 aromatic heterocycles. The van der Waals surface area contributed by atoms with Gasteiger partial charge >= 0.3 is 0 Å². The molecule has 7 heteroatoms. The van der Waals surface area contributed by atoms with Gasteiger partial charge in [0.1, 0.15) is 5.82 Å². The number of aromatic nitrogens is 1. The molecule has 2 heterocycles. The first kappa shape index (κ1) is 15.2. The highest BCUT2D eigenvalue weighted by atomic mass is 19.1. The molecule has 1 saturated carbocycles. The first-order chi connectivity index (χ1) is 12.5. The molecule has 1 aliphatic heterocycles. The molecule has 0 radical (unpaired) electrons. The zero-order valence-corrected chi connectivity index (χ0v) is 13.8. The van der Waals surface area contributed by atoms with E-state index in [2.05, 4.69) is 4.98 Å². The van der Waals surface area contributed by atoms with Crippen LogP contribution in [0.15, 0.2) is 35.1 Å². The molecule has 132 valence electrons. The molecule has 2 aliphatic rings. The van der Waals surface area contributed by atoms with Crippen molar-refractivity contribution in [2.24, 2.45) is 0 Å². The number of carbonyl (C=O) groups excluding carboxylic acids is 1. The average Bonchev–Trinajstić information content (AvgIpc) is 3.12. The summed E-state index contributed by atoms with van der Waals surface area (Å²) in [4.78, 5) is 18.6. The number of oxazole rings is 1. The summed E-state index contributed by atoms with van der Waals surface area (Å²) in [5.74, 6) is -0.942. The molecule has 1 fully saturated rings. The van der Waals surface area contributed by atoms with E-state index in [9.17, 15) is 19.4 Å². The molecule has 0 saturated heterocycles. The highest BCUT2D eigenvalue weighted by Crippen LogP contribution is 2.54. The monoisotopic (exact) mass is 354 g/mol. The van der Waals surface area contributed by atoms with Crippen molar-refractivity contribution < 1.29 is 23.8 Å². The molecule has 1 amide bonds. The summed E-state index contributed by atoms with van der Waals surface area (Å²) in [7, 11) is 0. The zero-order chi connectivity index (χ0) is 18.2. The van der Waals surface area contributed by atoms with Crippen LogP contribution in [0.1, 0.15) is 46.8 Å².